The van der Waals surface area contributed by atoms with Crippen LogP contribution >= 0.6 is 35.3 Å². The second kappa shape index (κ2) is 6.51. The zero-order valence-corrected chi connectivity index (χ0v) is 12.7. The van der Waals surface area contributed by atoms with Gasteiger partial charge in [-0.3, -0.25) is 4.79 Å². The quantitative estimate of drug-likeness (QED) is 0.680. The van der Waals surface area contributed by atoms with Crippen molar-refractivity contribution in [2.45, 2.75) is 12.6 Å². The van der Waals surface area contributed by atoms with Crippen molar-refractivity contribution in [3.8, 4) is 0 Å². The predicted molar refractivity (Wildman–Crippen MR) is 81.8 cm³/mol. The maximum absolute atomic E-state index is 11.1. The molecule has 1 aliphatic rings. The normalized spacial score (nSPS) is 21.2. The number of aliphatic hydroxyl groups excluding tert-OH is 1. The Bertz CT molecular complexity index is 498. The summed E-state index contributed by atoms with van der Waals surface area (Å²) in [5.74, 6) is -0.310. The third-order valence-corrected chi connectivity index (χ3v) is 4.88. The molecule has 0 spiro atoms. The highest BCUT2D eigenvalue weighted by Gasteiger charge is 2.32. The van der Waals surface area contributed by atoms with E-state index in [1.54, 1.807) is 16.2 Å². The Hall–Kier alpha value is -0.890. The standard InChI is InChI=1S/C12H13NO3S3/c1-16-10(14)4-5-13-11(15)9(19-12(13)17)7-8-3-2-6-18-8/h2-3,6-7,11,15H,4-5H2,1H3/b9-7+. The molecule has 0 bridgehead atoms. The van der Waals surface area contributed by atoms with E-state index in [9.17, 15) is 9.90 Å². The summed E-state index contributed by atoms with van der Waals surface area (Å²) in [6, 6.07) is 3.93. The smallest absolute Gasteiger partial charge is 0.307 e. The topological polar surface area (TPSA) is 49.8 Å². The van der Waals surface area contributed by atoms with Gasteiger partial charge in [0.05, 0.1) is 13.5 Å². The first-order valence-electron chi connectivity index (χ1n) is 5.60. The molecule has 2 heterocycles. The summed E-state index contributed by atoms with van der Waals surface area (Å²) in [7, 11) is 1.35. The molecule has 1 aromatic heterocycles. The molecule has 102 valence electrons. The van der Waals surface area contributed by atoms with E-state index in [0.717, 1.165) is 9.78 Å². The van der Waals surface area contributed by atoms with E-state index in [4.69, 9.17) is 12.2 Å². The van der Waals surface area contributed by atoms with E-state index in [1.165, 1.54) is 18.9 Å². The first-order valence-corrected chi connectivity index (χ1v) is 7.70. The number of carbonyl (C=O) groups excluding carboxylic acids is 1. The number of rotatable bonds is 4. The third kappa shape index (κ3) is 3.56. The van der Waals surface area contributed by atoms with Crippen molar-refractivity contribution in [2.24, 2.45) is 0 Å². The average molecular weight is 315 g/mol. The highest BCUT2D eigenvalue weighted by molar-refractivity contribution is 8.26. The number of hydrogen-bond acceptors (Lipinski definition) is 6. The number of aliphatic hydroxyl groups is 1. The fourth-order valence-electron chi connectivity index (χ4n) is 1.61. The zero-order valence-electron chi connectivity index (χ0n) is 10.2. The van der Waals surface area contributed by atoms with Crippen molar-refractivity contribution in [3.05, 3.63) is 27.3 Å². The number of thiophene rings is 1. The van der Waals surface area contributed by atoms with Crippen LogP contribution in [0.15, 0.2) is 22.4 Å². The summed E-state index contributed by atoms with van der Waals surface area (Å²) in [5.41, 5.74) is 0. The van der Waals surface area contributed by atoms with Crippen LogP contribution in [0.5, 0.6) is 0 Å². The highest BCUT2D eigenvalue weighted by Crippen LogP contribution is 2.36. The van der Waals surface area contributed by atoms with Gasteiger partial charge < -0.3 is 14.7 Å². The number of esters is 1. The van der Waals surface area contributed by atoms with Gasteiger partial charge in [-0.2, -0.15) is 0 Å². The minimum absolute atomic E-state index is 0.209. The van der Waals surface area contributed by atoms with Crippen molar-refractivity contribution in [2.75, 3.05) is 13.7 Å². The lowest BCUT2D eigenvalue weighted by atomic mass is 10.3. The highest BCUT2D eigenvalue weighted by atomic mass is 32.2. The Morgan fingerprint density at radius 1 is 1.68 bits per heavy atom. The summed E-state index contributed by atoms with van der Waals surface area (Å²) >= 11 is 8.18. The molecule has 1 unspecified atom stereocenters. The first kappa shape index (κ1) is 14.5. The van der Waals surface area contributed by atoms with Crippen LogP contribution in [0.3, 0.4) is 0 Å². The second-order valence-electron chi connectivity index (χ2n) is 3.82. The second-order valence-corrected chi connectivity index (χ2v) is 6.51. The minimum atomic E-state index is -0.774. The van der Waals surface area contributed by atoms with Crippen LogP contribution < -0.4 is 0 Å². The lowest BCUT2D eigenvalue weighted by Gasteiger charge is -2.20. The van der Waals surface area contributed by atoms with Crippen LogP contribution in [0.25, 0.3) is 6.08 Å². The Balaban J connectivity index is 2.04. The van der Waals surface area contributed by atoms with Crippen molar-refractivity contribution in [1.82, 2.24) is 4.90 Å². The Morgan fingerprint density at radius 3 is 3.11 bits per heavy atom. The van der Waals surface area contributed by atoms with Gasteiger partial charge in [-0.1, -0.05) is 30.0 Å². The summed E-state index contributed by atoms with van der Waals surface area (Å²) in [6.45, 7) is 0.363. The van der Waals surface area contributed by atoms with Crippen molar-refractivity contribution in [1.29, 1.82) is 0 Å². The molecule has 1 N–H and O–H groups in total. The maximum Gasteiger partial charge on any atom is 0.307 e. The molecule has 0 saturated carbocycles. The summed E-state index contributed by atoms with van der Waals surface area (Å²) < 4.78 is 5.16. The lowest BCUT2D eigenvalue weighted by molar-refractivity contribution is -0.140. The Morgan fingerprint density at radius 2 is 2.47 bits per heavy atom. The van der Waals surface area contributed by atoms with Gasteiger partial charge in [-0.15, -0.1) is 11.3 Å². The molecule has 1 fully saturated rings. The van der Waals surface area contributed by atoms with E-state index < -0.39 is 6.23 Å². The summed E-state index contributed by atoms with van der Waals surface area (Å²) in [6.07, 6.45) is 1.36. The van der Waals surface area contributed by atoms with Gasteiger partial charge in [0.1, 0.15) is 4.32 Å². The summed E-state index contributed by atoms with van der Waals surface area (Å²) in [4.78, 5) is 14.6. The number of methoxy groups -OCH3 is 1. The Kier molecular flexibility index (Phi) is 4.98. The molecule has 1 atom stereocenters. The lowest BCUT2D eigenvalue weighted by Crippen LogP contribution is -2.34. The fourth-order valence-corrected chi connectivity index (χ4v) is 3.76. The van der Waals surface area contributed by atoms with Crippen molar-refractivity contribution < 1.29 is 14.6 Å². The van der Waals surface area contributed by atoms with Gasteiger partial charge in [0.25, 0.3) is 0 Å². The van der Waals surface area contributed by atoms with E-state index in [-0.39, 0.29) is 12.4 Å². The molecular formula is C12H13NO3S3. The van der Waals surface area contributed by atoms with Crippen LogP contribution in [-0.4, -0.2) is 40.2 Å². The van der Waals surface area contributed by atoms with E-state index in [2.05, 4.69) is 4.74 Å². The van der Waals surface area contributed by atoms with E-state index >= 15 is 0 Å². The van der Waals surface area contributed by atoms with Crippen molar-refractivity contribution >= 4 is 51.7 Å². The average Bonchev–Trinajstić information content (AvgIpc) is 2.98. The molecule has 19 heavy (non-hydrogen) atoms. The van der Waals surface area contributed by atoms with E-state index in [1.807, 2.05) is 23.6 Å². The molecule has 1 aliphatic heterocycles. The fraction of sp³-hybridized carbons (Fsp3) is 0.333. The molecule has 4 nitrogen and oxygen atoms in total. The number of nitrogens with zero attached hydrogens (tertiary/aromatic N) is 1. The number of thiocarbonyl (C=S) groups is 1. The number of ether oxygens (including phenoxy) is 1. The van der Waals surface area contributed by atoms with Crippen LogP contribution in [-0.2, 0) is 9.53 Å². The largest absolute Gasteiger partial charge is 0.469 e. The first-order chi connectivity index (χ1) is 9.11. The van der Waals surface area contributed by atoms with Crippen molar-refractivity contribution in [3.63, 3.8) is 0 Å². The third-order valence-electron chi connectivity index (χ3n) is 2.60. The van der Waals surface area contributed by atoms with Crippen LogP contribution in [0.1, 0.15) is 11.3 Å². The van der Waals surface area contributed by atoms with Gasteiger partial charge in [0.15, 0.2) is 6.23 Å². The predicted octanol–water partition coefficient (Wildman–Crippen LogP) is 2.30. The molecule has 1 aromatic rings. The van der Waals surface area contributed by atoms with Gasteiger partial charge in [0.2, 0.25) is 0 Å². The Labute approximate surface area is 125 Å². The molecule has 0 aliphatic carbocycles. The van der Waals surface area contributed by atoms with Gasteiger partial charge in [-0.05, 0) is 17.5 Å². The van der Waals surface area contributed by atoms with E-state index in [0.29, 0.717) is 10.9 Å². The van der Waals surface area contributed by atoms with Gasteiger partial charge in [0, 0.05) is 16.3 Å². The number of carbonyl (C=O) groups is 1. The molecule has 0 amide bonds. The minimum Gasteiger partial charge on any atom is -0.469 e. The molecule has 0 aromatic carbocycles. The SMILES string of the molecule is COC(=O)CCN1C(=S)S/C(=C/c2cccs2)C1O. The molecule has 7 heteroatoms. The van der Waals surface area contributed by atoms with Crippen LogP contribution in [0.4, 0.5) is 0 Å². The van der Waals surface area contributed by atoms with Gasteiger partial charge in [-0.25, -0.2) is 0 Å². The maximum atomic E-state index is 11.1. The summed E-state index contributed by atoms with van der Waals surface area (Å²) in [5, 5.41) is 12.2. The van der Waals surface area contributed by atoms with Gasteiger partial charge >= 0.3 is 5.97 Å². The molecule has 0 radical (unpaired) electrons. The monoisotopic (exact) mass is 315 g/mol. The zero-order chi connectivity index (χ0) is 13.8. The molecule has 1 saturated heterocycles. The number of hydrogen-bond donors (Lipinski definition) is 1. The van der Waals surface area contributed by atoms with Crippen LogP contribution in [0, 0.1) is 0 Å². The molecular weight excluding hydrogens is 302 g/mol. The molecule has 2 rings (SSSR count). The van der Waals surface area contributed by atoms with Crippen LogP contribution in [0.2, 0.25) is 0 Å². The number of thioether (sulfide) groups is 1.